The maximum atomic E-state index is 13.4. The smallest absolute Gasteiger partial charge is 0.254 e. The molecule has 0 aromatic heterocycles. The monoisotopic (exact) mass is 241 g/mol. The van der Waals surface area contributed by atoms with Crippen LogP contribution in [-0.4, -0.2) is 23.9 Å². The maximum absolute atomic E-state index is 13.4. The van der Waals surface area contributed by atoms with E-state index in [-0.39, 0.29) is 17.5 Å². The molecule has 0 bridgehead atoms. The predicted octanol–water partition coefficient (Wildman–Crippen LogP) is 1.48. The second kappa shape index (κ2) is 4.29. The number of nitrogens with zero attached hydrogens (tertiary/aromatic N) is 1. The number of hydrazine groups is 1. The minimum Gasteiger partial charge on any atom is -0.339 e. The van der Waals surface area contributed by atoms with Crippen LogP contribution in [0.2, 0.25) is 0 Å². The molecule has 0 saturated heterocycles. The average Bonchev–Trinajstić information content (AvgIpc) is 3.10. The van der Waals surface area contributed by atoms with Crippen molar-refractivity contribution in [1.29, 1.82) is 0 Å². The molecule has 1 aromatic rings. The average molecular weight is 241 g/mol. The zero-order valence-electron chi connectivity index (χ0n) is 9.34. The lowest BCUT2D eigenvalue weighted by Crippen LogP contribution is -2.29. The van der Waals surface area contributed by atoms with Gasteiger partial charge in [-0.15, -0.1) is 0 Å². The van der Waals surface area contributed by atoms with E-state index in [0.29, 0.717) is 0 Å². The van der Waals surface area contributed by atoms with Crippen LogP contribution in [0.4, 0.5) is 14.5 Å². The molecule has 0 atom stereocenters. The third kappa shape index (κ3) is 2.21. The number of rotatable bonds is 3. The van der Waals surface area contributed by atoms with Gasteiger partial charge in [0.15, 0.2) is 11.6 Å². The molecule has 1 aromatic carbocycles. The van der Waals surface area contributed by atoms with Crippen LogP contribution in [0.5, 0.6) is 0 Å². The van der Waals surface area contributed by atoms with Gasteiger partial charge in [-0.05, 0) is 25.0 Å². The quantitative estimate of drug-likeness (QED) is 0.622. The highest BCUT2D eigenvalue weighted by molar-refractivity contribution is 5.94. The summed E-state index contributed by atoms with van der Waals surface area (Å²) in [6.45, 7) is 0. The second-order valence-corrected chi connectivity index (χ2v) is 4.11. The van der Waals surface area contributed by atoms with Crippen LogP contribution in [0.1, 0.15) is 23.2 Å². The summed E-state index contributed by atoms with van der Waals surface area (Å²) in [6, 6.07) is 2.17. The first-order chi connectivity index (χ1) is 8.04. The number of hydrogen-bond donors (Lipinski definition) is 2. The van der Waals surface area contributed by atoms with Crippen LogP contribution in [-0.2, 0) is 0 Å². The number of benzene rings is 1. The van der Waals surface area contributed by atoms with Crippen molar-refractivity contribution in [2.45, 2.75) is 18.9 Å². The number of nitrogen functional groups attached to an aromatic ring is 1. The fraction of sp³-hybridized carbons (Fsp3) is 0.364. The number of nitrogens with two attached hydrogens (primary N) is 1. The summed E-state index contributed by atoms with van der Waals surface area (Å²) in [5.41, 5.74) is 1.48. The summed E-state index contributed by atoms with van der Waals surface area (Å²) < 4.78 is 26.8. The van der Waals surface area contributed by atoms with Crippen LogP contribution in [0.25, 0.3) is 0 Å². The molecule has 1 aliphatic carbocycles. The summed E-state index contributed by atoms with van der Waals surface area (Å²) >= 11 is 0. The van der Waals surface area contributed by atoms with Gasteiger partial charge in [-0.2, -0.15) is 0 Å². The van der Waals surface area contributed by atoms with E-state index in [2.05, 4.69) is 0 Å². The van der Waals surface area contributed by atoms with Crippen LogP contribution in [0, 0.1) is 11.6 Å². The third-order valence-electron chi connectivity index (χ3n) is 2.85. The van der Waals surface area contributed by atoms with Gasteiger partial charge in [0.05, 0.1) is 0 Å². The summed E-state index contributed by atoms with van der Waals surface area (Å²) in [5, 5.41) is 0. The van der Waals surface area contributed by atoms with Gasteiger partial charge in [0.2, 0.25) is 0 Å². The van der Waals surface area contributed by atoms with E-state index in [1.807, 2.05) is 5.43 Å². The molecule has 1 amide bonds. The molecule has 0 unspecified atom stereocenters. The second-order valence-electron chi connectivity index (χ2n) is 4.11. The molecule has 0 heterocycles. The summed E-state index contributed by atoms with van der Waals surface area (Å²) in [5.74, 6) is 2.84. The van der Waals surface area contributed by atoms with E-state index >= 15 is 0 Å². The van der Waals surface area contributed by atoms with Crippen LogP contribution in [0.3, 0.4) is 0 Å². The fourth-order valence-electron chi connectivity index (χ4n) is 1.67. The molecule has 0 aliphatic heterocycles. The normalized spacial score (nSPS) is 14.6. The van der Waals surface area contributed by atoms with Crippen molar-refractivity contribution in [1.82, 2.24) is 4.90 Å². The number of halogens is 2. The fourth-order valence-corrected chi connectivity index (χ4v) is 1.67. The van der Waals surface area contributed by atoms with E-state index in [0.717, 1.165) is 25.0 Å². The Morgan fingerprint density at radius 3 is 2.35 bits per heavy atom. The molecule has 2 rings (SSSR count). The van der Waals surface area contributed by atoms with Crippen molar-refractivity contribution in [2.24, 2.45) is 5.84 Å². The van der Waals surface area contributed by atoms with Gasteiger partial charge in [-0.25, -0.2) is 8.78 Å². The Hall–Kier alpha value is -1.69. The van der Waals surface area contributed by atoms with Gasteiger partial charge in [0.1, 0.15) is 5.69 Å². The van der Waals surface area contributed by atoms with Crippen LogP contribution in [0.15, 0.2) is 12.1 Å². The Kier molecular flexibility index (Phi) is 2.97. The molecule has 6 heteroatoms. The number of carbonyl (C=O) groups excluding carboxylic acids is 1. The first-order valence-electron chi connectivity index (χ1n) is 5.27. The van der Waals surface area contributed by atoms with Crippen molar-refractivity contribution in [2.75, 3.05) is 12.5 Å². The van der Waals surface area contributed by atoms with E-state index in [4.69, 9.17) is 5.84 Å². The van der Waals surface area contributed by atoms with Gasteiger partial charge in [-0.3, -0.25) is 10.6 Å². The SMILES string of the molecule is CN(C(=O)c1cc(F)c(NN)c(F)c1)C1CC1. The van der Waals surface area contributed by atoms with Crippen LogP contribution >= 0.6 is 0 Å². The Bertz CT molecular complexity index is 437. The minimum absolute atomic E-state index is 0.00611. The van der Waals surface area contributed by atoms with Crippen molar-refractivity contribution < 1.29 is 13.6 Å². The molecule has 1 fully saturated rings. The van der Waals surface area contributed by atoms with Gasteiger partial charge in [0, 0.05) is 18.7 Å². The maximum Gasteiger partial charge on any atom is 0.254 e. The van der Waals surface area contributed by atoms with Crippen molar-refractivity contribution in [3.8, 4) is 0 Å². The Labute approximate surface area is 97.4 Å². The number of anilines is 1. The summed E-state index contributed by atoms with van der Waals surface area (Å²) in [4.78, 5) is 13.4. The lowest BCUT2D eigenvalue weighted by Gasteiger charge is -2.16. The first-order valence-corrected chi connectivity index (χ1v) is 5.27. The van der Waals surface area contributed by atoms with Gasteiger partial charge < -0.3 is 10.3 Å². The zero-order valence-corrected chi connectivity index (χ0v) is 9.34. The van der Waals surface area contributed by atoms with E-state index in [1.165, 1.54) is 4.90 Å². The standard InChI is InChI=1S/C11H13F2N3O/c1-16(7-2-3-7)11(17)6-4-8(12)10(15-14)9(13)5-6/h4-5,7,15H,2-3,14H2,1H3. The Morgan fingerprint density at radius 1 is 1.41 bits per heavy atom. The van der Waals surface area contributed by atoms with Crippen LogP contribution < -0.4 is 11.3 Å². The van der Waals surface area contributed by atoms with Gasteiger partial charge >= 0.3 is 0 Å². The van der Waals surface area contributed by atoms with Gasteiger partial charge in [-0.1, -0.05) is 0 Å². The van der Waals surface area contributed by atoms with Gasteiger partial charge in [0.25, 0.3) is 5.91 Å². The summed E-state index contributed by atoms with van der Waals surface area (Å²) in [6.07, 6.45) is 1.88. The molecular weight excluding hydrogens is 228 g/mol. The Morgan fingerprint density at radius 2 is 1.94 bits per heavy atom. The first kappa shape index (κ1) is 11.8. The van der Waals surface area contributed by atoms with Crippen molar-refractivity contribution >= 4 is 11.6 Å². The molecule has 0 spiro atoms. The van der Waals surface area contributed by atoms with Crippen molar-refractivity contribution in [3.63, 3.8) is 0 Å². The number of amides is 1. The van der Waals surface area contributed by atoms with Crippen molar-refractivity contribution in [3.05, 3.63) is 29.3 Å². The molecule has 17 heavy (non-hydrogen) atoms. The van der Waals surface area contributed by atoms with E-state index in [1.54, 1.807) is 7.05 Å². The number of carbonyl (C=O) groups is 1. The van der Waals surface area contributed by atoms with E-state index < -0.39 is 17.3 Å². The number of nitrogens with one attached hydrogen (secondary N) is 1. The highest BCUT2D eigenvalue weighted by Crippen LogP contribution is 2.28. The lowest BCUT2D eigenvalue weighted by atomic mass is 10.1. The molecule has 0 radical (unpaired) electrons. The largest absolute Gasteiger partial charge is 0.339 e. The number of hydrogen-bond acceptors (Lipinski definition) is 3. The minimum atomic E-state index is -0.875. The topological polar surface area (TPSA) is 58.4 Å². The zero-order chi connectivity index (χ0) is 12.6. The summed E-state index contributed by atoms with van der Waals surface area (Å²) in [7, 11) is 1.63. The third-order valence-corrected chi connectivity index (χ3v) is 2.85. The molecule has 1 saturated carbocycles. The molecular formula is C11H13F2N3O. The Balaban J connectivity index is 2.29. The van der Waals surface area contributed by atoms with E-state index in [9.17, 15) is 13.6 Å². The highest BCUT2D eigenvalue weighted by atomic mass is 19.1. The highest BCUT2D eigenvalue weighted by Gasteiger charge is 2.30. The molecule has 1 aliphatic rings. The predicted molar refractivity (Wildman–Crippen MR) is 59.3 cm³/mol. The molecule has 3 N–H and O–H groups in total. The lowest BCUT2D eigenvalue weighted by molar-refractivity contribution is 0.0784. The molecule has 4 nitrogen and oxygen atoms in total. The molecule has 92 valence electrons.